The summed E-state index contributed by atoms with van der Waals surface area (Å²) in [5, 5.41) is 1.78. The van der Waals surface area contributed by atoms with Crippen molar-refractivity contribution < 1.29 is 38.7 Å². The zero-order valence-electron chi connectivity index (χ0n) is 9.45. The fraction of sp³-hybridized carbons (Fsp3) is 0. The first-order chi connectivity index (χ1) is 8.97. The minimum atomic E-state index is -4.16. The summed E-state index contributed by atoms with van der Waals surface area (Å²) in [6.45, 7) is 0. The van der Waals surface area contributed by atoms with Gasteiger partial charge in [0.05, 0.1) is 4.90 Å². The van der Waals surface area contributed by atoms with E-state index in [-0.39, 0.29) is 4.90 Å². The van der Waals surface area contributed by atoms with Crippen molar-refractivity contribution in [3.8, 4) is 0 Å². The molecule has 96 valence electrons. The molecule has 0 bridgehead atoms. The van der Waals surface area contributed by atoms with Crippen LogP contribution in [0.3, 0.4) is 0 Å². The molecule has 7 heteroatoms. The monoisotopic (exact) mass is 311 g/mol. The molecule has 0 aliphatic heterocycles. The van der Waals surface area contributed by atoms with Crippen LogP contribution in [0.25, 0.3) is 16.8 Å². The van der Waals surface area contributed by atoms with Crippen molar-refractivity contribution >= 4 is 27.0 Å². The van der Waals surface area contributed by atoms with Gasteiger partial charge in [-0.15, -0.1) is 40.8 Å². The molecule has 2 aromatic rings. The first kappa shape index (κ1) is 14.1. The summed E-state index contributed by atoms with van der Waals surface area (Å²) in [5.74, 6) is 0. The Morgan fingerprint density at radius 2 is 1.84 bits per heavy atom. The summed E-state index contributed by atoms with van der Waals surface area (Å²) in [4.78, 5) is -0.0880. The van der Waals surface area contributed by atoms with E-state index < -0.39 is 29.2 Å². The third-order valence-corrected chi connectivity index (χ3v) is 3.50. The molecule has 0 unspecified atom stereocenters. The Labute approximate surface area is 118 Å². The van der Waals surface area contributed by atoms with E-state index in [0.717, 1.165) is 16.3 Å². The van der Waals surface area contributed by atoms with Crippen molar-refractivity contribution in [2.24, 2.45) is 0 Å². The van der Waals surface area contributed by atoms with Crippen molar-refractivity contribution in [3.63, 3.8) is 0 Å². The Bertz CT molecular complexity index is 817. The number of hydrogen-bond donors (Lipinski definition) is 1. The summed E-state index contributed by atoms with van der Waals surface area (Å²) in [6, 6.07) is 8.51. The summed E-state index contributed by atoms with van der Waals surface area (Å²) in [7, 11) is -4.16. The van der Waals surface area contributed by atoms with Crippen LogP contribution in [-0.4, -0.2) is 13.0 Å². The standard InChI is InChI=1S/C12H7O3S.2O.Ti/c13-16(14,15)11-6-9-3-1-2-8-4-5-10(7-11)12(8)9;;;/h1-4,6-7H,(H,13,14,15);;;/q-1;;;. The average Bonchev–Trinajstić information content (AvgIpc) is 2.75. The van der Waals surface area contributed by atoms with Gasteiger partial charge in [-0.3, -0.25) is 4.55 Å². The third-order valence-electron chi connectivity index (χ3n) is 2.66. The van der Waals surface area contributed by atoms with Gasteiger partial charge in [-0.1, -0.05) is 23.6 Å². The van der Waals surface area contributed by atoms with Gasteiger partial charge in [-0.05, 0) is 0 Å². The predicted octanol–water partition coefficient (Wildman–Crippen LogP) is 2.02. The van der Waals surface area contributed by atoms with Crippen molar-refractivity contribution in [1.29, 1.82) is 0 Å². The van der Waals surface area contributed by atoms with E-state index >= 15 is 0 Å². The van der Waals surface area contributed by atoms with Crippen molar-refractivity contribution in [2.45, 2.75) is 4.90 Å². The van der Waals surface area contributed by atoms with Crippen LogP contribution in [0.5, 0.6) is 0 Å². The molecule has 0 saturated heterocycles. The Morgan fingerprint density at radius 3 is 2.47 bits per heavy atom. The fourth-order valence-corrected chi connectivity index (χ4v) is 2.51. The van der Waals surface area contributed by atoms with E-state index in [1.54, 1.807) is 0 Å². The number of benzene rings is 2. The molecule has 0 atom stereocenters. The molecule has 0 saturated carbocycles. The van der Waals surface area contributed by atoms with E-state index in [0.29, 0.717) is 5.56 Å². The minimum absolute atomic E-state index is 0.0880. The van der Waals surface area contributed by atoms with Crippen LogP contribution in [0, 0.1) is 6.08 Å². The van der Waals surface area contributed by atoms with Crippen LogP contribution in [0.2, 0.25) is 0 Å². The molecule has 0 spiro atoms. The second-order valence-electron chi connectivity index (χ2n) is 3.76. The van der Waals surface area contributed by atoms with Gasteiger partial charge in [0, 0.05) is 0 Å². The zero-order chi connectivity index (χ0) is 14.0. The van der Waals surface area contributed by atoms with E-state index in [1.807, 2.05) is 24.3 Å². The van der Waals surface area contributed by atoms with Crippen molar-refractivity contribution in [3.05, 3.63) is 47.5 Å². The zero-order valence-corrected chi connectivity index (χ0v) is 11.8. The van der Waals surface area contributed by atoms with E-state index in [2.05, 4.69) is 6.08 Å². The number of hydrogen-bond acceptors (Lipinski definition) is 4. The Balaban J connectivity index is 0.000000408. The Kier molecular flexibility index (Phi) is 3.96. The molecule has 3 rings (SSSR count). The van der Waals surface area contributed by atoms with E-state index in [9.17, 15) is 8.42 Å². The van der Waals surface area contributed by atoms with Gasteiger partial charge >= 0.3 is 25.7 Å². The first-order valence-electron chi connectivity index (χ1n) is 5.10. The summed E-state index contributed by atoms with van der Waals surface area (Å²) in [6.07, 6.45) is 4.80. The van der Waals surface area contributed by atoms with Crippen LogP contribution in [0.4, 0.5) is 0 Å². The predicted molar refractivity (Wildman–Crippen MR) is 61.9 cm³/mol. The maximum absolute atomic E-state index is 11.1. The molecule has 0 heterocycles. The normalized spacial score (nSPS) is 11.8. The molecule has 1 N–H and O–H groups in total. The second-order valence-corrected chi connectivity index (χ2v) is 5.45. The molecule has 0 aromatic heterocycles. The van der Waals surface area contributed by atoms with Crippen LogP contribution in [0.15, 0.2) is 35.2 Å². The van der Waals surface area contributed by atoms with Crippen molar-refractivity contribution in [1.82, 2.24) is 0 Å². The van der Waals surface area contributed by atoms with E-state index in [4.69, 9.17) is 11.2 Å². The SMILES string of the molecule is O=S(=O)(O)c1cc2c3c(cccc3c1)C=[C-]2.[O]=[Ti]=[O]. The fourth-order valence-electron chi connectivity index (χ4n) is 1.97. The van der Waals surface area contributed by atoms with Crippen LogP contribution < -0.4 is 0 Å². The summed E-state index contributed by atoms with van der Waals surface area (Å²) in [5.41, 5.74) is 1.73. The Morgan fingerprint density at radius 1 is 1.16 bits per heavy atom. The van der Waals surface area contributed by atoms with Crippen LogP contribution in [-0.2, 0) is 35.9 Å². The maximum atomic E-state index is 11.1. The van der Waals surface area contributed by atoms with E-state index in [1.165, 1.54) is 12.1 Å². The van der Waals surface area contributed by atoms with Gasteiger partial charge in [0.2, 0.25) is 0 Å². The van der Waals surface area contributed by atoms with Gasteiger partial charge < -0.3 is 0 Å². The molecule has 1 aliphatic carbocycles. The molecule has 2 aromatic carbocycles. The first-order valence-corrected chi connectivity index (χ1v) is 7.82. The number of rotatable bonds is 1. The molecule has 19 heavy (non-hydrogen) atoms. The molecule has 5 nitrogen and oxygen atoms in total. The molecular weight excluding hydrogens is 304 g/mol. The van der Waals surface area contributed by atoms with Gasteiger partial charge in [-0.25, -0.2) is 0 Å². The quantitative estimate of drug-likeness (QED) is 0.422. The summed E-state index contributed by atoms with van der Waals surface area (Å²) < 4.78 is 48.2. The molecule has 1 aliphatic rings. The van der Waals surface area contributed by atoms with Gasteiger partial charge in [0.25, 0.3) is 10.1 Å². The van der Waals surface area contributed by atoms with Gasteiger partial charge in [0.15, 0.2) is 0 Å². The second kappa shape index (κ2) is 5.34. The van der Waals surface area contributed by atoms with Crippen LogP contribution in [0.1, 0.15) is 11.1 Å². The van der Waals surface area contributed by atoms with Crippen molar-refractivity contribution in [2.75, 3.05) is 0 Å². The molecular formula is C12H7O5STi-. The third kappa shape index (κ3) is 2.82. The van der Waals surface area contributed by atoms with Gasteiger partial charge in [-0.2, -0.15) is 8.42 Å². The topological polar surface area (TPSA) is 88.5 Å². The molecule has 0 amide bonds. The average molecular weight is 311 g/mol. The van der Waals surface area contributed by atoms with Gasteiger partial charge in [0.1, 0.15) is 0 Å². The molecule has 0 radical (unpaired) electrons. The Hall–Kier alpha value is -1.34. The summed E-state index contributed by atoms with van der Waals surface area (Å²) >= 11 is -2.00. The van der Waals surface area contributed by atoms with Crippen LogP contribution >= 0.6 is 0 Å². The molecule has 0 fully saturated rings.